The minimum Gasteiger partial charge on any atom is -0.449 e. The zero-order valence-electron chi connectivity index (χ0n) is 13.8. The quantitative estimate of drug-likeness (QED) is 0.875. The summed E-state index contributed by atoms with van der Waals surface area (Å²) < 4.78 is 5.17. The first-order chi connectivity index (χ1) is 11.4. The van der Waals surface area contributed by atoms with E-state index in [0.29, 0.717) is 11.3 Å². The monoisotopic (exact) mass is 322 g/mol. The van der Waals surface area contributed by atoms with Gasteiger partial charge in [0.15, 0.2) is 6.10 Å². The van der Waals surface area contributed by atoms with E-state index in [9.17, 15) is 9.59 Å². The van der Waals surface area contributed by atoms with Crippen molar-refractivity contribution < 1.29 is 14.3 Å². The lowest BCUT2D eigenvalue weighted by atomic mass is 10.1. The molecule has 2 rings (SSSR count). The molecule has 5 heteroatoms. The van der Waals surface area contributed by atoms with Crippen molar-refractivity contribution in [3.8, 4) is 6.07 Å². The van der Waals surface area contributed by atoms with E-state index in [0.717, 1.165) is 11.1 Å². The Morgan fingerprint density at radius 2 is 1.92 bits per heavy atom. The molecule has 0 saturated carbocycles. The van der Waals surface area contributed by atoms with Crippen molar-refractivity contribution in [1.29, 1.82) is 5.26 Å². The van der Waals surface area contributed by atoms with E-state index in [1.807, 2.05) is 38.1 Å². The fraction of sp³-hybridized carbons (Fsp3) is 0.211. The summed E-state index contributed by atoms with van der Waals surface area (Å²) in [6, 6.07) is 13.8. The Kier molecular flexibility index (Phi) is 5.33. The van der Waals surface area contributed by atoms with Crippen LogP contribution in [0.5, 0.6) is 0 Å². The molecule has 0 fully saturated rings. The molecule has 2 aromatic rings. The highest BCUT2D eigenvalue weighted by Gasteiger charge is 2.19. The topological polar surface area (TPSA) is 79.2 Å². The van der Waals surface area contributed by atoms with Gasteiger partial charge in [-0.2, -0.15) is 5.26 Å². The third-order valence-electron chi connectivity index (χ3n) is 3.52. The van der Waals surface area contributed by atoms with Crippen LogP contribution in [-0.4, -0.2) is 18.0 Å². The van der Waals surface area contributed by atoms with E-state index in [4.69, 9.17) is 10.00 Å². The normalized spacial score (nSPS) is 11.2. The second-order valence-electron chi connectivity index (χ2n) is 5.55. The van der Waals surface area contributed by atoms with Crippen molar-refractivity contribution in [1.82, 2.24) is 0 Å². The van der Waals surface area contributed by atoms with Gasteiger partial charge in [0.1, 0.15) is 0 Å². The number of hydrogen-bond donors (Lipinski definition) is 1. The lowest BCUT2D eigenvalue weighted by molar-refractivity contribution is -0.123. The Hall–Kier alpha value is -3.13. The second kappa shape index (κ2) is 7.42. The molecule has 0 aromatic heterocycles. The summed E-state index contributed by atoms with van der Waals surface area (Å²) in [5, 5.41) is 11.6. The molecule has 0 aliphatic rings. The average molecular weight is 322 g/mol. The van der Waals surface area contributed by atoms with Gasteiger partial charge in [-0.15, -0.1) is 0 Å². The van der Waals surface area contributed by atoms with Gasteiger partial charge in [0.2, 0.25) is 0 Å². The molecule has 0 heterocycles. The third-order valence-corrected chi connectivity index (χ3v) is 3.52. The minimum absolute atomic E-state index is 0.236. The summed E-state index contributed by atoms with van der Waals surface area (Å²) >= 11 is 0. The third kappa shape index (κ3) is 4.20. The summed E-state index contributed by atoms with van der Waals surface area (Å²) in [5.74, 6) is -1.05. The molecule has 5 nitrogen and oxygen atoms in total. The van der Waals surface area contributed by atoms with Crippen LogP contribution in [-0.2, 0) is 9.53 Å². The van der Waals surface area contributed by atoms with Crippen molar-refractivity contribution in [2.24, 2.45) is 0 Å². The van der Waals surface area contributed by atoms with Crippen LogP contribution in [0.25, 0.3) is 0 Å². The predicted molar refractivity (Wildman–Crippen MR) is 90.6 cm³/mol. The van der Waals surface area contributed by atoms with Gasteiger partial charge >= 0.3 is 5.97 Å². The lowest BCUT2D eigenvalue weighted by Gasteiger charge is -2.15. The van der Waals surface area contributed by atoms with Crippen LogP contribution in [0.15, 0.2) is 42.5 Å². The SMILES string of the molecule is Cc1ccc(NC(=O)[C@H](C)OC(=O)c2cccc(C#N)c2)c(C)c1. The van der Waals surface area contributed by atoms with Crippen LogP contribution in [0.2, 0.25) is 0 Å². The van der Waals surface area contributed by atoms with Gasteiger partial charge in [0.05, 0.1) is 17.2 Å². The molecular weight excluding hydrogens is 304 g/mol. The number of aryl methyl sites for hydroxylation is 2. The standard InChI is InChI=1S/C19H18N2O3/c1-12-7-8-17(13(2)9-12)21-18(22)14(3)24-19(23)16-6-4-5-15(10-16)11-20/h4-10,14H,1-3H3,(H,21,22)/t14-/m0/s1. The van der Waals surface area contributed by atoms with E-state index in [1.54, 1.807) is 12.1 Å². The van der Waals surface area contributed by atoms with E-state index in [2.05, 4.69) is 5.32 Å². The number of esters is 1. The van der Waals surface area contributed by atoms with Crippen LogP contribution < -0.4 is 5.32 Å². The van der Waals surface area contributed by atoms with Crippen LogP contribution in [0.1, 0.15) is 34.0 Å². The molecule has 0 spiro atoms. The summed E-state index contributed by atoms with van der Waals surface area (Å²) in [5.41, 5.74) is 3.31. The fourth-order valence-electron chi connectivity index (χ4n) is 2.19. The van der Waals surface area contributed by atoms with E-state index in [-0.39, 0.29) is 5.56 Å². The van der Waals surface area contributed by atoms with Crippen LogP contribution in [0, 0.1) is 25.2 Å². The van der Waals surface area contributed by atoms with Crippen molar-refractivity contribution >= 4 is 17.6 Å². The number of anilines is 1. The number of rotatable bonds is 4. The maximum absolute atomic E-state index is 12.2. The Bertz CT molecular complexity index is 822. The van der Waals surface area contributed by atoms with Crippen molar-refractivity contribution in [3.63, 3.8) is 0 Å². The first kappa shape index (κ1) is 17.2. The first-order valence-corrected chi connectivity index (χ1v) is 7.50. The van der Waals surface area contributed by atoms with Gasteiger partial charge in [0.25, 0.3) is 5.91 Å². The van der Waals surface area contributed by atoms with Gasteiger partial charge in [-0.3, -0.25) is 4.79 Å². The van der Waals surface area contributed by atoms with E-state index < -0.39 is 18.0 Å². The molecule has 0 saturated heterocycles. The van der Waals surface area contributed by atoms with Crippen molar-refractivity contribution in [2.45, 2.75) is 26.9 Å². The Morgan fingerprint density at radius 3 is 2.58 bits per heavy atom. The maximum Gasteiger partial charge on any atom is 0.338 e. The van der Waals surface area contributed by atoms with Gasteiger partial charge in [-0.05, 0) is 50.6 Å². The molecule has 0 bridgehead atoms. The molecular formula is C19H18N2O3. The highest BCUT2D eigenvalue weighted by Crippen LogP contribution is 2.17. The molecule has 0 radical (unpaired) electrons. The molecule has 0 unspecified atom stereocenters. The maximum atomic E-state index is 12.2. The molecule has 0 aliphatic heterocycles. The first-order valence-electron chi connectivity index (χ1n) is 7.50. The molecule has 2 aromatic carbocycles. The number of ether oxygens (including phenoxy) is 1. The zero-order chi connectivity index (χ0) is 17.7. The van der Waals surface area contributed by atoms with Crippen LogP contribution >= 0.6 is 0 Å². The molecule has 122 valence electrons. The van der Waals surface area contributed by atoms with E-state index >= 15 is 0 Å². The van der Waals surface area contributed by atoms with Gasteiger partial charge in [0, 0.05) is 5.69 Å². The van der Waals surface area contributed by atoms with Gasteiger partial charge < -0.3 is 10.1 Å². The van der Waals surface area contributed by atoms with Crippen LogP contribution in [0.4, 0.5) is 5.69 Å². The summed E-state index contributed by atoms with van der Waals surface area (Å²) in [6.07, 6.45) is -0.955. The number of nitrogens with one attached hydrogen (secondary N) is 1. The smallest absolute Gasteiger partial charge is 0.338 e. The van der Waals surface area contributed by atoms with Crippen molar-refractivity contribution in [3.05, 3.63) is 64.7 Å². The number of benzene rings is 2. The Labute approximate surface area is 140 Å². The number of carbonyl (C=O) groups excluding carboxylic acids is 2. The molecule has 1 N–H and O–H groups in total. The summed E-state index contributed by atoms with van der Waals surface area (Å²) in [4.78, 5) is 24.3. The highest BCUT2D eigenvalue weighted by molar-refractivity contribution is 5.97. The van der Waals surface area contributed by atoms with E-state index in [1.165, 1.54) is 19.1 Å². The number of amides is 1. The van der Waals surface area contributed by atoms with Gasteiger partial charge in [-0.25, -0.2) is 4.79 Å². The lowest BCUT2D eigenvalue weighted by Crippen LogP contribution is -2.30. The number of nitriles is 1. The largest absolute Gasteiger partial charge is 0.449 e. The average Bonchev–Trinajstić information content (AvgIpc) is 2.57. The second-order valence-corrected chi connectivity index (χ2v) is 5.55. The van der Waals surface area contributed by atoms with Crippen molar-refractivity contribution in [2.75, 3.05) is 5.32 Å². The number of carbonyl (C=O) groups is 2. The molecule has 1 atom stereocenters. The summed E-state index contributed by atoms with van der Waals surface area (Å²) in [6.45, 7) is 5.37. The number of hydrogen-bond acceptors (Lipinski definition) is 4. The zero-order valence-corrected chi connectivity index (χ0v) is 13.8. The highest BCUT2D eigenvalue weighted by atomic mass is 16.5. The predicted octanol–water partition coefficient (Wildman–Crippen LogP) is 3.36. The Morgan fingerprint density at radius 1 is 1.17 bits per heavy atom. The molecule has 0 aliphatic carbocycles. The molecule has 24 heavy (non-hydrogen) atoms. The van der Waals surface area contributed by atoms with Gasteiger partial charge in [-0.1, -0.05) is 23.8 Å². The van der Waals surface area contributed by atoms with Crippen LogP contribution in [0.3, 0.4) is 0 Å². The fourth-order valence-corrected chi connectivity index (χ4v) is 2.19. The molecule has 1 amide bonds. The minimum atomic E-state index is -0.955. The number of nitrogens with zero attached hydrogens (tertiary/aromatic N) is 1. The summed E-state index contributed by atoms with van der Waals surface area (Å²) in [7, 11) is 0. The Balaban J connectivity index is 2.03.